The molecule has 0 aromatic heterocycles. The van der Waals surface area contributed by atoms with E-state index in [0.717, 1.165) is 40.3 Å². The Morgan fingerprint density at radius 1 is 1.06 bits per heavy atom. The number of benzene rings is 3. The van der Waals surface area contributed by atoms with Gasteiger partial charge in [0, 0.05) is 33.5 Å². The molecule has 0 radical (unpaired) electrons. The van der Waals surface area contributed by atoms with E-state index in [2.05, 4.69) is 0 Å². The van der Waals surface area contributed by atoms with Gasteiger partial charge in [-0.1, -0.05) is 29.8 Å². The van der Waals surface area contributed by atoms with Crippen molar-refractivity contribution in [2.75, 3.05) is 18.6 Å². The molecule has 1 aliphatic heterocycles. The number of halogens is 1. The first-order valence-corrected chi connectivity index (χ1v) is 11.4. The summed E-state index contributed by atoms with van der Waals surface area (Å²) in [5.74, 6) is 0.333. The van der Waals surface area contributed by atoms with Gasteiger partial charge in [0.25, 0.3) is 5.91 Å². The van der Waals surface area contributed by atoms with E-state index in [1.54, 1.807) is 28.8 Å². The van der Waals surface area contributed by atoms with Crippen molar-refractivity contribution in [1.82, 2.24) is 0 Å². The lowest BCUT2D eigenvalue weighted by molar-refractivity contribution is 0.0599. The standard InChI is InChI=1S/C25H22ClNO3S/c1-30-25(29)22-7-3-9-23-21(22)8-4-14-27(23)24(28)18-6-2-5-17(15-18)16-31-20-12-10-19(26)11-13-20/h2-3,5-7,9-13,15H,4,8,14,16H2,1H3. The molecule has 0 saturated heterocycles. The summed E-state index contributed by atoms with van der Waals surface area (Å²) in [6.45, 7) is 0.625. The number of rotatable bonds is 5. The van der Waals surface area contributed by atoms with Crippen molar-refractivity contribution >= 4 is 40.9 Å². The second-order valence-electron chi connectivity index (χ2n) is 7.30. The van der Waals surface area contributed by atoms with Gasteiger partial charge in [0.2, 0.25) is 0 Å². The van der Waals surface area contributed by atoms with Crippen LogP contribution in [0.25, 0.3) is 0 Å². The fourth-order valence-corrected chi connectivity index (χ4v) is 4.75. The summed E-state index contributed by atoms with van der Waals surface area (Å²) in [7, 11) is 1.38. The van der Waals surface area contributed by atoms with Crippen LogP contribution < -0.4 is 4.90 Å². The Kier molecular flexibility index (Phi) is 6.64. The molecular weight excluding hydrogens is 430 g/mol. The molecular formula is C25H22ClNO3S. The summed E-state index contributed by atoms with van der Waals surface area (Å²) in [6, 6.07) is 20.9. The molecule has 1 heterocycles. The molecule has 0 saturated carbocycles. The highest BCUT2D eigenvalue weighted by Gasteiger charge is 2.27. The SMILES string of the molecule is COC(=O)c1cccc2c1CCCN2C(=O)c1cccc(CSc2ccc(Cl)cc2)c1. The number of thioether (sulfide) groups is 1. The molecule has 0 N–H and O–H groups in total. The highest BCUT2D eigenvalue weighted by molar-refractivity contribution is 7.98. The maximum absolute atomic E-state index is 13.4. The van der Waals surface area contributed by atoms with Crippen molar-refractivity contribution in [2.45, 2.75) is 23.5 Å². The average Bonchev–Trinajstić information content (AvgIpc) is 2.82. The zero-order chi connectivity index (χ0) is 21.8. The molecule has 31 heavy (non-hydrogen) atoms. The van der Waals surface area contributed by atoms with E-state index in [9.17, 15) is 9.59 Å². The largest absolute Gasteiger partial charge is 0.465 e. The quantitative estimate of drug-likeness (QED) is 0.352. The van der Waals surface area contributed by atoms with Gasteiger partial charge < -0.3 is 9.64 Å². The Labute approximate surface area is 191 Å². The van der Waals surface area contributed by atoms with Gasteiger partial charge in [-0.05, 0) is 72.5 Å². The van der Waals surface area contributed by atoms with Gasteiger partial charge in [0.05, 0.1) is 12.7 Å². The number of esters is 1. The predicted octanol–water partition coefficient (Wildman–Crippen LogP) is 6.01. The van der Waals surface area contributed by atoms with Crippen LogP contribution in [0.2, 0.25) is 5.02 Å². The summed E-state index contributed by atoms with van der Waals surface area (Å²) in [4.78, 5) is 28.4. The van der Waals surface area contributed by atoms with Crippen LogP contribution in [0.3, 0.4) is 0 Å². The number of methoxy groups -OCH3 is 1. The van der Waals surface area contributed by atoms with Crippen molar-refractivity contribution in [3.63, 3.8) is 0 Å². The minimum absolute atomic E-state index is 0.0543. The van der Waals surface area contributed by atoms with Crippen LogP contribution in [0.15, 0.2) is 71.6 Å². The maximum Gasteiger partial charge on any atom is 0.338 e. The first kappa shape index (κ1) is 21.5. The van der Waals surface area contributed by atoms with Crippen LogP contribution in [0.4, 0.5) is 5.69 Å². The first-order valence-electron chi connectivity index (χ1n) is 10.1. The van der Waals surface area contributed by atoms with Crippen LogP contribution in [0.1, 0.15) is 38.3 Å². The lowest BCUT2D eigenvalue weighted by Gasteiger charge is -2.30. The summed E-state index contributed by atoms with van der Waals surface area (Å²) >= 11 is 7.65. The maximum atomic E-state index is 13.4. The van der Waals surface area contributed by atoms with E-state index >= 15 is 0 Å². The smallest absolute Gasteiger partial charge is 0.338 e. The Bertz CT molecular complexity index is 1110. The second-order valence-corrected chi connectivity index (χ2v) is 8.78. The van der Waals surface area contributed by atoms with Crippen LogP contribution >= 0.6 is 23.4 Å². The highest BCUT2D eigenvalue weighted by Crippen LogP contribution is 2.32. The van der Waals surface area contributed by atoms with Crippen molar-refractivity contribution in [1.29, 1.82) is 0 Å². The van der Waals surface area contributed by atoms with E-state index in [1.807, 2.05) is 54.6 Å². The molecule has 3 aromatic rings. The summed E-state index contributed by atoms with van der Waals surface area (Å²) < 4.78 is 4.92. The first-order chi connectivity index (χ1) is 15.1. The van der Waals surface area contributed by atoms with Gasteiger partial charge in [-0.2, -0.15) is 0 Å². The summed E-state index contributed by atoms with van der Waals surface area (Å²) in [6.07, 6.45) is 1.56. The number of hydrogen-bond donors (Lipinski definition) is 0. The third kappa shape index (κ3) is 4.78. The number of nitrogens with zero attached hydrogens (tertiary/aromatic N) is 1. The predicted molar refractivity (Wildman–Crippen MR) is 125 cm³/mol. The summed E-state index contributed by atoms with van der Waals surface area (Å²) in [5, 5.41) is 0.717. The topological polar surface area (TPSA) is 46.6 Å². The zero-order valence-electron chi connectivity index (χ0n) is 17.1. The molecule has 6 heteroatoms. The van der Waals surface area contributed by atoms with Gasteiger partial charge in [0.15, 0.2) is 0 Å². The van der Waals surface area contributed by atoms with Crippen LogP contribution in [0, 0.1) is 0 Å². The van der Waals surface area contributed by atoms with Gasteiger partial charge in [-0.15, -0.1) is 11.8 Å². The van der Waals surface area contributed by atoms with E-state index < -0.39 is 0 Å². The minimum atomic E-state index is -0.368. The van der Waals surface area contributed by atoms with E-state index in [1.165, 1.54) is 7.11 Å². The molecule has 0 atom stereocenters. The monoisotopic (exact) mass is 451 g/mol. The fraction of sp³-hybridized carbons (Fsp3) is 0.200. The number of ether oxygens (including phenoxy) is 1. The average molecular weight is 452 g/mol. The Hall–Kier alpha value is -2.76. The Morgan fingerprint density at radius 2 is 1.84 bits per heavy atom. The molecule has 158 valence electrons. The van der Waals surface area contributed by atoms with Crippen LogP contribution in [-0.2, 0) is 16.9 Å². The third-order valence-electron chi connectivity index (χ3n) is 5.29. The van der Waals surface area contributed by atoms with Crippen molar-refractivity contribution in [3.8, 4) is 0 Å². The van der Waals surface area contributed by atoms with Crippen molar-refractivity contribution in [2.24, 2.45) is 0 Å². The number of carbonyl (C=O) groups excluding carboxylic acids is 2. The second kappa shape index (κ2) is 9.58. The van der Waals surface area contributed by atoms with E-state index in [0.29, 0.717) is 22.7 Å². The van der Waals surface area contributed by atoms with Gasteiger partial charge in [-0.3, -0.25) is 4.79 Å². The minimum Gasteiger partial charge on any atom is -0.465 e. The Balaban J connectivity index is 1.55. The summed E-state index contributed by atoms with van der Waals surface area (Å²) in [5.41, 5.74) is 3.92. The van der Waals surface area contributed by atoms with E-state index in [-0.39, 0.29) is 11.9 Å². The number of amides is 1. The van der Waals surface area contributed by atoms with Gasteiger partial charge in [0.1, 0.15) is 0 Å². The molecule has 4 nitrogen and oxygen atoms in total. The normalized spacial score (nSPS) is 12.9. The van der Waals surface area contributed by atoms with Gasteiger partial charge >= 0.3 is 5.97 Å². The molecule has 0 bridgehead atoms. The number of carbonyl (C=O) groups is 2. The van der Waals surface area contributed by atoms with Crippen molar-refractivity contribution < 1.29 is 14.3 Å². The van der Waals surface area contributed by atoms with Crippen LogP contribution in [-0.4, -0.2) is 25.5 Å². The highest BCUT2D eigenvalue weighted by atomic mass is 35.5. The van der Waals surface area contributed by atoms with Gasteiger partial charge in [-0.25, -0.2) is 4.79 Å². The lowest BCUT2D eigenvalue weighted by atomic mass is 9.95. The molecule has 1 aliphatic rings. The Morgan fingerprint density at radius 3 is 2.61 bits per heavy atom. The van der Waals surface area contributed by atoms with Crippen molar-refractivity contribution in [3.05, 3.63) is 94.0 Å². The zero-order valence-corrected chi connectivity index (χ0v) is 18.7. The van der Waals surface area contributed by atoms with Crippen LogP contribution in [0.5, 0.6) is 0 Å². The van der Waals surface area contributed by atoms with E-state index in [4.69, 9.17) is 16.3 Å². The fourth-order valence-electron chi connectivity index (χ4n) is 3.78. The number of anilines is 1. The molecule has 4 rings (SSSR count). The molecule has 0 aliphatic carbocycles. The number of fused-ring (bicyclic) bond motifs is 1. The molecule has 1 amide bonds. The lowest BCUT2D eigenvalue weighted by Crippen LogP contribution is -2.36. The third-order valence-corrected chi connectivity index (χ3v) is 6.63. The molecule has 0 unspecified atom stereocenters. The molecule has 3 aromatic carbocycles. The molecule has 0 spiro atoms. The molecule has 0 fully saturated rings. The number of hydrogen-bond acceptors (Lipinski definition) is 4.